The molecule has 0 aliphatic carbocycles. The smallest absolute Gasteiger partial charge is 0.339 e. The van der Waals surface area contributed by atoms with E-state index in [-0.39, 0.29) is 22.8 Å². The number of aryl methyl sites for hydroxylation is 1. The van der Waals surface area contributed by atoms with Gasteiger partial charge in [-0.15, -0.1) is 0 Å². The number of carboxylic acids is 1. The van der Waals surface area contributed by atoms with Crippen molar-refractivity contribution in [2.75, 3.05) is 6.54 Å². The number of carboxylic acid groups (broad SMARTS) is 1. The van der Waals surface area contributed by atoms with Gasteiger partial charge in [0.25, 0.3) is 5.91 Å². The first kappa shape index (κ1) is 13.6. The molecule has 19 heavy (non-hydrogen) atoms. The van der Waals surface area contributed by atoms with Gasteiger partial charge in [0.05, 0.1) is 0 Å². The van der Waals surface area contributed by atoms with Gasteiger partial charge in [0.1, 0.15) is 11.3 Å². The van der Waals surface area contributed by atoms with Gasteiger partial charge in [0, 0.05) is 24.6 Å². The molecule has 1 aliphatic rings. The van der Waals surface area contributed by atoms with Crippen molar-refractivity contribution < 1.29 is 19.1 Å². The summed E-state index contributed by atoms with van der Waals surface area (Å²) in [7, 11) is 0. The largest absolute Gasteiger partial charge is 0.478 e. The summed E-state index contributed by atoms with van der Waals surface area (Å²) in [6, 6.07) is 1.35. The molecule has 1 aromatic heterocycles. The molecule has 1 aliphatic heterocycles. The fourth-order valence-electron chi connectivity index (χ4n) is 2.59. The van der Waals surface area contributed by atoms with Crippen LogP contribution in [-0.4, -0.2) is 34.0 Å². The minimum Gasteiger partial charge on any atom is -0.478 e. The standard InChI is InChI=1S/C14H19NO4/c1-4-10-9(13(17)18)8-11(19-10)12(16)15-7-5-6-14(15,2)3/h8H,4-7H2,1-3H3,(H,17,18). The molecule has 2 heterocycles. The van der Waals surface area contributed by atoms with E-state index in [1.807, 2.05) is 13.8 Å². The van der Waals surface area contributed by atoms with Gasteiger partial charge in [-0.3, -0.25) is 4.79 Å². The van der Waals surface area contributed by atoms with Crippen molar-refractivity contribution in [3.8, 4) is 0 Å². The molecular weight excluding hydrogens is 246 g/mol. The third-order valence-electron chi connectivity index (χ3n) is 3.72. The Morgan fingerprint density at radius 3 is 2.58 bits per heavy atom. The van der Waals surface area contributed by atoms with Crippen molar-refractivity contribution in [2.24, 2.45) is 0 Å². The molecular formula is C14H19NO4. The zero-order chi connectivity index (χ0) is 14.2. The Hall–Kier alpha value is -1.78. The molecule has 0 aromatic carbocycles. The molecule has 0 spiro atoms. The fourth-order valence-corrected chi connectivity index (χ4v) is 2.59. The van der Waals surface area contributed by atoms with Crippen LogP contribution in [0.25, 0.3) is 0 Å². The quantitative estimate of drug-likeness (QED) is 0.911. The predicted octanol–water partition coefficient (Wildman–Crippen LogP) is 2.55. The molecule has 1 N–H and O–H groups in total. The Bertz CT molecular complexity index is 516. The molecule has 1 aromatic rings. The number of carbonyl (C=O) groups excluding carboxylic acids is 1. The molecule has 0 radical (unpaired) electrons. The van der Waals surface area contributed by atoms with Crippen LogP contribution in [0.15, 0.2) is 10.5 Å². The molecule has 1 fully saturated rings. The predicted molar refractivity (Wildman–Crippen MR) is 69.4 cm³/mol. The summed E-state index contributed by atoms with van der Waals surface area (Å²) in [6.07, 6.45) is 2.37. The minimum absolute atomic E-state index is 0.0860. The second-order valence-corrected chi connectivity index (χ2v) is 5.48. The Balaban J connectivity index is 2.32. The Labute approximate surface area is 112 Å². The van der Waals surface area contributed by atoms with Crippen LogP contribution in [-0.2, 0) is 6.42 Å². The second kappa shape index (κ2) is 4.72. The average Bonchev–Trinajstić information content (AvgIpc) is 2.91. The van der Waals surface area contributed by atoms with Gasteiger partial charge in [-0.2, -0.15) is 0 Å². The van der Waals surface area contributed by atoms with Crippen molar-refractivity contribution in [1.29, 1.82) is 0 Å². The van der Waals surface area contributed by atoms with Crippen molar-refractivity contribution in [3.63, 3.8) is 0 Å². The monoisotopic (exact) mass is 265 g/mol. The van der Waals surface area contributed by atoms with Crippen LogP contribution in [0, 0.1) is 0 Å². The first-order valence-electron chi connectivity index (χ1n) is 6.55. The highest BCUT2D eigenvalue weighted by Gasteiger charge is 2.37. The van der Waals surface area contributed by atoms with E-state index >= 15 is 0 Å². The molecule has 0 bridgehead atoms. The number of likely N-dealkylation sites (tertiary alicyclic amines) is 1. The normalized spacial score (nSPS) is 17.7. The van der Waals surface area contributed by atoms with E-state index < -0.39 is 5.97 Å². The summed E-state index contributed by atoms with van der Waals surface area (Å²) < 4.78 is 5.42. The van der Waals surface area contributed by atoms with Gasteiger partial charge in [0.15, 0.2) is 5.76 Å². The van der Waals surface area contributed by atoms with Crippen molar-refractivity contribution in [3.05, 3.63) is 23.2 Å². The summed E-state index contributed by atoms with van der Waals surface area (Å²) >= 11 is 0. The summed E-state index contributed by atoms with van der Waals surface area (Å²) in [6.45, 7) is 6.52. The highest BCUT2D eigenvalue weighted by molar-refractivity contribution is 5.96. The van der Waals surface area contributed by atoms with Crippen molar-refractivity contribution >= 4 is 11.9 Å². The fraction of sp³-hybridized carbons (Fsp3) is 0.571. The third kappa shape index (κ3) is 2.37. The Kier molecular flexibility index (Phi) is 3.39. The minimum atomic E-state index is -1.06. The number of aromatic carboxylic acids is 1. The molecule has 1 amide bonds. The molecule has 2 rings (SSSR count). The summed E-state index contributed by atoms with van der Waals surface area (Å²) in [5, 5.41) is 9.07. The molecule has 5 nitrogen and oxygen atoms in total. The lowest BCUT2D eigenvalue weighted by atomic mass is 10.0. The van der Waals surface area contributed by atoms with E-state index in [0.717, 1.165) is 12.8 Å². The van der Waals surface area contributed by atoms with Gasteiger partial charge in [-0.1, -0.05) is 6.92 Å². The van der Waals surface area contributed by atoms with E-state index in [0.29, 0.717) is 18.7 Å². The summed E-state index contributed by atoms with van der Waals surface area (Å²) in [4.78, 5) is 25.2. The number of hydrogen-bond donors (Lipinski definition) is 1. The molecule has 0 unspecified atom stereocenters. The topological polar surface area (TPSA) is 70.8 Å². The maximum atomic E-state index is 12.4. The van der Waals surface area contributed by atoms with Crippen LogP contribution >= 0.6 is 0 Å². The lowest BCUT2D eigenvalue weighted by Crippen LogP contribution is -2.42. The van der Waals surface area contributed by atoms with Gasteiger partial charge < -0.3 is 14.4 Å². The average molecular weight is 265 g/mol. The number of nitrogens with zero attached hydrogens (tertiary/aromatic N) is 1. The van der Waals surface area contributed by atoms with Crippen LogP contribution in [0.4, 0.5) is 0 Å². The molecule has 1 saturated heterocycles. The summed E-state index contributed by atoms with van der Waals surface area (Å²) in [5.41, 5.74) is -0.109. The van der Waals surface area contributed by atoms with Crippen LogP contribution < -0.4 is 0 Å². The van der Waals surface area contributed by atoms with E-state index in [1.54, 1.807) is 11.8 Å². The van der Waals surface area contributed by atoms with Crippen LogP contribution in [0.2, 0.25) is 0 Å². The molecule has 5 heteroatoms. The summed E-state index contributed by atoms with van der Waals surface area (Å²) in [5.74, 6) is -0.790. The molecule has 0 atom stereocenters. The van der Waals surface area contributed by atoms with E-state index in [2.05, 4.69) is 0 Å². The van der Waals surface area contributed by atoms with E-state index in [4.69, 9.17) is 9.52 Å². The highest BCUT2D eigenvalue weighted by atomic mass is 16.4. The maximum Gasteiger partial charge on any atom is 0.339 e. The van der Waals surface area contributed by atoms with E-state index in [9.17, 15) is 9.59 Å². The Morgan fingerprint density at radius 2 is 2.16 bits per heavy atom. The van der Waals surface area contributed by atoms with Gasteiger partial charge >= 0.3 is 5.97 Å². The van der Waals surface area contributed by atoms with Gasteiger partial charge in [0.2, 0.25) is 0 Å². The van der Waals surface area contributed by atoms with Crippen LogP contribution in [0.5, 0.6) is 0 Å². The number of hydrogen-bond acceptors (Lipinski definition) is 3. The van der Waals surface area contributed by atoms with Crippen LogP contribution in [0.3, 0.4) is 0 Å². The van der Waals surface area contributed by atoms with E-state index in [1.165, 1.54) is 6.07 Å². The second-order valence-electron chi connectivity index (χ2n) is 5.48. The van der Waals surface area contributed by atoms with Crippen LogP contribution in [0.1, 0.15) is 60.3 Å². The zero-order valence-corrected chi connectivity index (χ0v) is 11.5. The first-order valence-corrected chi connectivity index (χ1v) is 6.55. The van der Waals surface area contributed by atoms with Gasteiger partial charge in [-0.25, -0.2) is 4.79 Å². The zero-order valence-electron chi connectivity index (χ0n) is 11.5. The number of carbonyl (C=O) groups is 2. The highest BCUT2D eigenvalue weighted by Crippen LogP contribution is 2.30. The number of furan rings is 1. The van der Waals surface area contributed by atoms with Crippen molar-refractivity contribution in [1.82, 2.24) is 4.90 Å². The molecule has 104 valence electrons. The number of amides is 1. The van der Waals surface area contributed by atoms with Crippen molar-refractivity contribution in [2.45, 2.75) is 45.6 Å². The third-order valence-corrected chi connectivity index (χ3v) is 3.72. The Morgan fingerprint density at radius 1 is 1.47 bits per heavy atom. The van der Waals surface area contributed by atoms with Gasteiger partial charge in [-0.05, 0) is 26.7 Å². The number of rotatable bonds is 3. The molecule has 0 saturated carbocycles. The maximum absolute atomic E-state index is 12.4. The first-order chi connectivity index (χ1) is 8.86. The lowest BCUT2D eigenvalue weighted by Gasteiger charge is -2.30. The SMILES string of the molecule is CCc1oc(C(=O)N2CCCC2(C)C)cc1C(=O)O. The lowest BCUT2D eigenvalue weighted by molar-refractivity contribution is 0.0615.